The second kappa shape index (κ2) is 6.00. The standard InChI is InChI=1S/H3N7O2S/c1-2-3-4-5-6-7(8)9-10/h1,8,10H/b2-1?,4-3+,6-5+. The van der Waals surface area contributed by atoms with Crippen LogP contribution in [0.4, 0.5) is 0 Å². The smallest absolute Gasteiger partial charge is 0.0113 e. The number of rotatable bonds is 4. The zero-order valence-corrected chi connectivity index (χ0v) is 5.38. The molecule has 0 atom stereocenters. The van der Waals surface area contributed by atoms with Crippen LogP contribution >= 0.6 is 12.9 Å². The molecule has 0 fully saturated rings. The minimum absolute atomic E-state index is 0.0634. The highest BCUT2D eigenvalue weighted by Crippen LogP contribution is 1.89. The molecule has 0 aromatic heterocycles. The van der Waals surface area contributed by atoms with Crippen molar-refractivity contribution in [2.75, 3.05) is 0 Å². The van der Waals surface area contributed by atoms with Gasteiger partial charge in [0.25, 0.3) is 0 Å². The molecule has 0 radical (unpaired) electrons. The third kappa shape index (κ3) is 5.02. The molecule has 0 heterocycles. The van der Waals surface area contributed by atoms with Crippen molar-refractivity contribution in [3.63, 3.8) is 0 Å². The first-order valence-electron chi connectivity index (χ1n) is 1.79. The maximum Gasteiger partial charge on any atom is 0.0113 e. The van der Waals surface area contributed by atoms with Crippen LogP contribution < -0.4 is 0 Å². The van der Waals surface area contributed by atoms with Gasteiger partial charge in [0.2, 0.25) is 0 Å². The van der Waals surface area contributed by atoms with Gasteiger partial charge in [-0.05, 0) is 21.0 Å². The summed E-state index contributed by atoms with van der Waals surface area (Å²) >= 11 is 3.13. The summed E-state index contributed by atoms with van der Waals surface area (Å²) in [4.78, 5) is 0. The molecule has 0 aromatic carbocycles. The highest BCUT2D eigenvalue weighted by Gasteiger charge is 1.86. The topological polar surface area (TPSA) is 118 Å². The fraction of sp³-hybridized carbons (Fsp3) is 0. The summed E-state index contributed by atoms with van der Waals surface area (Å²) in [5, 5.41) is 21.7. The maximum absolute atomic E-state index is 8.25. The van der Waals surface area contributed by atoms with Gasteiger partial charge in [-0.15, -0.1) is 0 Å². The molecule has 0 saturated carbocycles. The Bertz CT molecular complexity index is 141. The zero-order chi connectivity index (χ0) is 7.82. The Kier molecular flexibility index (Phi) is 5.32. The molecule has 0 aliphatic rings. The Morgan fingerprint density at radius 1 is 1.40 bits per heavy atom. The van der Waals surface area contributed by atoms with Gasteiger partial charge in [-0.25, -0.2) is 5.21 Å². The molecule has 0 aliphatic carbocycles. The summed E-state index contributed by atoms with van der Waals surface area (Å²) in [6.45, 7) is 0. The predicted molar refractivity (Wildman–Crippen MR) is 28.6 cm³/mol. The van der Waals surface area contributed by atoms with E-state index in [1.165, 1.54) is 0 Å². The summed E-state index contributed by atoms with van der Waals surface area (Å²) in [6.07, 6.45) is 0. The number of thiol groups is 1. The maximum atomic E-state index is 8.25. The fourth-order valence-corrected chi connectivity index (χ4v) is 0.139. The lowest BCUT2D eigenvalue weighted by atomic mass is 12.4. The molecule has 10 heavy (non-hydrogen) atoms. The normalized spacial score (nSPS) is 11.0. The molecule has 0 saturated heterocycles. The van der Waals surface area contributed by atoms with Gasteiger partial charge in [-0.2, -0.15) is 9.81 Å². The Hall–Kier alpha value is -1.13. The number of nitrogens with zero attached hydrogens (tertiary/aromatic N) is 6. The van der Waals surface area contributed by atoms with E-state index in [0.29, 0.717) is 0 Å². The highest BCUT2D eigenvalue weighted by atomic mass is 32.1. The van der Waals surface area contributed by atoms with Gasteiger partial charge in [0, 0.05) is 23.4 Å². The first kappa shape index (κ1) is 8.87. The van der Waals surface area contributed by atoms with E-state index in [1.807, 2.05) is 0 Å². The molecule has 0 aliphatic heterocycles. The average molecular weight is 165 g/mol. The van der Waals surface area contributed by atoms with Crippen LogP contribution in [0.1, 0.15) is 0 Å². The second-order valence-corrected chi connectivity index (χ2v) is 0.955. The fourth-order valence-electron chi connectivity index (χ4n) is 0.106. The van der Waals surface area contributed by atoms with Crippen molar-refractivity contribution in [1.29, 1.82) is 5.53 Å². The Labute approximate surface area is 60.4 Å². The van der Waals surface area contributed by atoms with Crippen molar-refractivity contribution in [1.82, 2.24) is 5.34 Å². The largest absolute Gasteiger partial charge is 0.245 e. The second-order valence-electron chi connectivity index (χ2n) is 0.792. The SMILES string of the molecule is N=N/N=N/N=N/N(O)OS. The molecule has 10 heteroatoms. The van der Waals surface area contributed by atoms with E-state index in [-0.39, 0.29) is 5.34 Å². The summed E-state index contributed by atoms with van der Waals surface area (Å²) in [6, 6.07) is 0. The van der Waals surface area contributed by atoms with E-state index < -0.39 is 0 Å². The first-order chi connectivity index (χ1) is 4.81. The Morgan fingerprint density at radius 2 is 2.10 bits per heavy atom. The van der Waals surface area contributed by atoms with E-state index in [2.05, 4.69) is 43.3 Å². The van der Waals surface area contributed by atoms with Gasteiger partial charge in [-0.1, -0.05) is 0 Å². The van der Waals surface area contributed by atoms with Gasteiger partial charge >= 0.3 is 0 Å². The third-order valence-corrected chi connectivity index (χ3v) is 0.460. The molecule has 9 nitrogen and oxygen atoms in total. The predicted octanol–water partition coefficient (Wildman–Crippen LogP) is 1.13. The Morgan fingerprint density at radius 3 is 2.60 bits per heavy atom. The van der Waals surface area contributed by atoms with Crippen LogP contribution in [-0.4, -0.2) is 10.5 Å². The van der Waals surface area contributed by atoms with Crippen LogP contribution in [0.5, 0.6) is 0 Å². The minimum atomic E-state index is -0.0634. The van der Waals surface area contributed by atoms with Crippen LogP contribution in [0.2, 0.25) is 0 Å². The van der Waals surface area contributed by atoms with Crippen molar-refractivity contribution in [2.45, 2.75) is 0 Å². The van der Waals surface area contributed by atoms with Crippen LogP contribution in [-0.2, 0) is 4.28 Å². The molecule has 2 N–H and O–H groups in total. The lowest BCUT2D eigenvalue weighted by Crippen LogP contribution is -2.04. The summed E-state index contributed by atoms with van der Waals surface area (Å²) < 4.78 is 3.77. The third-order valence-electron chi connectivity index (χ3n) is 0.314. The summed E-state index contributed by atoms with van der Waals surface area (Å²) in [5.41, 5.74) is 6.07. The average Bonchev–Trinajstić information content (AvgIpc) is 1.98. The van der Waals surface area contributed by atoms with Gasteiger partial charge in [-0.3, -0.25) is 0 Å². The van der Waals surface area contributed by atoms with E-state index >= 15 is 0 Å². The molecule has 0 amide bonds. The van der Waals surface area contributed by atoms with Crippen molar-refractivity contribution >= 4 is 12.9 Å². The van der Waals surface area contributed by atoms with Crippen molar-refractivity contribution in [3.8, 4) is 0 Å². The minimum Gasteiger partial charge on any atom is -0.245 e. The van der Waals surface area contributed by atoms with E-state index in [4.69, 9.17) is 10.7 Å². The monoisotopic (exact) mass is 165 g/mol. The van der Waals surface area contributed by atoms with Crippen molar-refractivity contribution in [3.05, 3.63) is 0 Å². The molecule has 0 bridgehead atoms. The van der Waals surface area contributed by atoms with Crippen LogP contribution in [0.25, 0.3) is 0 Å². The molecule has 56 valence electrons. The van der Waals surface area contributed by atoms with E-state index in [9.17, 15) is 0 Å². The van der Waals surface area contributed by atoms with Crippen LogP contribution in [0.15, 0.2) is 26.1 Å². The van der Waals surface area contributed by atoms with Crippen molar-refractivity contribution < 1.29 is 9.49 Å². The summed E-state index contributed by atoms with van der Waals surface area (Å²) in [7, 11) is 0. The first-order valence-corrected chi connectivity index (χ1v) is 2.15. The lowest BCUT2D eigenvalue weighted by Gasteiger charge is -1.97. The molecule has 0 rings (SSSR count). The van der Waals surface area contributed by atoms with E-state index in [0.717, 1.165) is 0 Å². The number of nitrogens with one attached hydrogen (secondary N) is 1. The Balaban J connectivity index is 3.54. The molecular formula is H3N7O2S. The van der Waals surface area contributed by atoms with E-state index in [1.54, 1.807) is 0 Å². The van der Waals surface area contributed by atoms with Crippen LogP contribution in [0.3, 0.4) is 0 Å². The zero-order valence-electron chi connectivity index (χ0n) is 4.49. The quantitative estimate of drug-likeness (QED) is 0.250. The highest BCUT2D eigenvalue weighted by molar-refractivity contribution is 7.75. The molecule has 0 unspecified atom stereocenters. The molecule has 0 spiro atoms. The lowest BCUT2D eigenvalue weighted by molar-refractivity contribution is -0.278. The van der Waals surface area contributed by atoms with Gasteiger partial charge < -0.3 is 0 Å². The van der Waals surface area contributed by atoms with Crippen LogP contribution in [0, 0.1) is 5.53 Å². The van der Waals surface area contributed by atoms with Gasteiger partial charge in [0.1, 0.15) is 0 Å². The van der Waals surface area contributed by atoms with Crippen molar-refractivity contribution in [2.24, 2.45) is 26.1 Å². The molecule has 0 aromatic rings. The number of hydrogen-bond acceptors (Lipinski definition) is 5. The number of hydrogen-bond donors (Lipinski definition) is 3. The van der Waals surface area contributed by atoms with Gasteiger partial charge in [0.05, 0.1) is 0 Å². The van der Waals surface area contributed by atoms with Gasteiger partial charge in [0.15, 0.2) is 0 Å². The summed E-state index contributed by atoms with van der Waals surface area (Å²) in [5.74, 6) is 0. The molecular weight excluding hydrogens is 162 g/mol.